The number of epoxide rings is 1. The van der Waals surface area contributed by atoms with E-state index in [1.54, 1.807) is 23.5 Å². The Morgan fingerprint density at radius 2 is 1.54 bits per heavy atom. The molecule has 0 saturated carbocycles. The van der Waals surface area contributed by atoms with Gasteiger partial charge in [-0.25, -0.2) is 0 Å². The average molecular weight is 531 g/mol. The molecule has 0 unspecified atom stereocenters. The first-order chi connectivity index (χ1) is 18.1. The van der Waals surface area contributed by atoms with Crippen molar-refractivity contribution in [3.05, 3.63) is 69.9 Å². The van der Waals surface area contributed by atoms with E-state index in [1.165, 1.54) is 26.2 Å². The quantitative estimate of drug-likeness (QED) is 0.149. The first-order valence-corrected chi connectivity index (χ1v) is 12.5. The lowest BCUT2D eigenvalue weighted by atomic mass is 10.0. The van der Waals surface area contributed by atoms with Crippen LogP contribution in [-0.4, -0.2) is 60.2 Å². The third kappa shape index (κ3) is 7.21. The van der Waals surface area contributed by atoms with E-state index in [-0.39, 0.29) is 43.2 Å². The van der Waals surface area contributed by atoms with Gasteiger partial charge in [-0.1, -0.05) is 18.2 Å². The third-order valence-corrected chi connectivity index (χ3v) is 6.36. The minimum atomic E-state index is -0.707. The zero-order valence-corrected chi connectivity index (χ0v) is 21.8. The number of Topliss-reactive ketones (excluding diaryl/α,β-unsaturated/α-hetero) is 1. The van der Waals surface area contributed by atoms with Crippen molar-refractivity contribution in [3.63, 3.8) is 0 Å². The van der Waals surface area contributed by atoms with E-state index in [2.05, 4.69) is 11.4 Å². The number of carbonyl (C=O) groups is 1. The summed E-state index contributed by atoms with van der Waals surface area (Å²) in [6.45, 7) is 0.436. The highest BCUT2D eigenvalue weighted by Crippen LogP contribution is 2.45. The molecule has 1 fully saturated rings. The molecule has 0 radical (unpaired) electrons. The summed E-state index contributed by atoms with van der Waals surface area (Å²) in [5, 5.41) is 2.05. The van der Waals surface area contributed by atoms with Gasteiger partial charge < -0.3 is 37.9 Å². The molecular weight excluding hydrogens is 500 g/mol. The molecule has 4 rings (SSSR count). The van der Waals surface area contributed by atoms with Gasteiger partial charge in [0.15, 0.2) is 26.5 Å². The summed E-state index contributed by atoms with van der Waals surface area (Å²) in [4.78, 5) is 14.9. The molecule has 1 aliphatic heterocycles. The lowest BCUT2D eigenvalue weighted by Gasteiger charge is -2.17. The van der Waals surface area contributed by atoms with Crippen LogP contribution in [0.4, 0.5) is 0 Å². The fourth-order valence-corrected chi connectivity index (χ4v) is 4.39. The third-order valence-electron chi connectivity index (χ3n) is 5.43. The van der Waals surface area contributed by atoms with Crippen molar-refractivity contribution >= 4 is 17.1 Å². The fraction of sp³-hybridized carbons (Fsp3) is 0.370. The Bertz CT molecular complexity index is 1120. The molecule has 1 saturated heterocycles. The van der Waals surface area contributed by atoms with E-state index in [9.17, 15) is 4.79 Å². The predicted octanol–water partition coefficient (Wildman–Crippen LogP) is 4.64. The van der Waals surface area contributed by atoms with Gasteiger partial charge in [0.25, 0.3) is 0 Å². The van der Waals surface area contributed by atoms with E-state index in [0.717, 1.165) is 17.7 Å². The SMILES string of the molecule is COCOc1cc(OCOC)c(C(=O)[C@H]2O[C@@H]2c2cccc(OCCc3cccs3)c2)c(OCOC)c1. The zero-order valence-electron chi connectivity index (χ0n) is 21.0. The minimum absolute atomic E-state index is 0.0142. The van der Waals surface area contributed by atoms with Crippen molar-refractivity contribution in [2.24, 2.45) is 0 Å². The van der Waals surface area contributed by atoms with Gasteiger partial charge in [0.05, 0.1) is 6.61 Å². The molecular formula is C27H30O9S. The highest BCUT2D eigenvalue weighted by Gasteiger charge is 2.48. The van der Waals surface area contributed by atoms with E-state index in [4.69, 9.17) is 37.9 Å². The van der Waals surface area contributed by atoms with Crippen molar-refractivity contribution in [3.8, 4) is 23.0 Å². The van der Waals surface area contributed by atoms with E-state index in [1.807, 2.05) is 30.3 Å². The molecule has 1 aromatic heterocycles. The van der Waals surface area contributed by atoms with Crippen LogP contribution in [0.5, 0.6) is 23.0 Å². The maximum atomic E-state index is 13.6. The van der Waals surface area contributed by atoms with E-state index < -0.39 is 12.2 Å². The van der Waals surface area contributed by atoms with Gasteiger partial charge in [-0.05, 0) is 29.1 Å². The maximum Gasteiger partial charge on any atom is 0.202 e. The number of benzene rings is 2. The molecule has 2 atom stereocenters. The molecule has 198 valence electrons. The highest BCUT2D eigenvalue weighted by molar-refractivity contribution is 7.09. The van der Waals surface area contributed by atoms with Gasteiger partial charge in [0, 0.05) is 44.8 Å². The van der Waals surface area contributed by atoms with Crippen LogP contribution in [0.25, 0.3) is 0 Å². The number of rotatable bonds is 16. The largest absolute Gasteiger partial charge is 0.493 e. The van der Waals surface area contributed by atoms with Crippen molar-refractivity contribution in [2.75, 3.05) is 48.3 Å². The molecule has 0 amide bonds. The molecule has 2 aromatic carbocycles. The summed E-state index contributed by atoms with van der Waals surface area (Å²) in [5.74, 6) is 1.32. The zero-order chi connectivity index (χ0) is 26.0. The molecule has 1 aliphatic rings. The number of hydrogen-bond acceptors (Lipinski definition) is 10. The van der Waals surface area contributed by atoms with Crippen molar-refractivity contribution in [1.29, 1.82) is 0 Å². The maximum absolute atomic E-state index is 13.6. The van der Waals surface area contributed by atoms with Gasteiger partial charge in [0.1, 0.15) is 34.7 Å². The van der Waals surface area contributed by atoms with Crippen LogP contribution in [0.3, 0.4) is 0 Å². The number of hydrogen-bond donors (Lipinski definition) is 0. The Kier molecular flexibility index (Phi) is 9.75. The Morgan fingerprint density at radius 3 is 2.19 bits per heavy atom. The van der Waals surface area contributed by atoms with Crippen molar-refractivity contribution < 1.29 is 42.7 Å². The first kappa shape index (κ1) is 26.9. The first-order valence-electron chi connectivity index (χ1n) is 11.6. The van der Waals surface area contributed by atoms with E-state index >= 15 is 0 Å². The Balaban J connectivity index is 1.50. The second-order valence-electron chi connectivity index (χ2n) is 8.04. The van der Waals surface area contributed by atoms with Gasteiger partial charge in [0.2, 0.25) is 5.78 Å². The fourth-order valence-electron chi connectivity index (χ4n) is 3.70. The lowest BCUT2D eigenvalue weighted by molar-refractivity contribution is 0.0397. The van der Waals surface area contributed by atoms with Crippen molar-refractivity contribution in [1.82, 2.24) is 0 Å². The van der Waals surface area contributed by atoms with Gasteiger partial charge in [-0.2, -0.15) is 0 Å². The second-order valence-corrected chi connectivity index (χ2v) is 9.07. The summed E-state index contributed by atoms with van der Waals surface area (Å²) < 4.78 is 43.8. The van der Waals surface area contributed by atoms with Crippen LogP contribution < -0.4 is 18.9 Å². The number of thiophene rings is 1. The standard InChI is InChI=1S/C27H30O9S/c1-29-15-33-20-13-22(34-16-30-2)24(23(14-20)35-17-31-3)25(28)27-26(36-27)18-6-4-7-19(12-18)32-10-9-21-8-5-11-37-21/h4-8,11-14,26-27H,9-10,15-17H2,1-3H3/t26-,27-/m1/s1. The van der Waals surface area contributed by atoms with Crippen LogP contribution in [0, 0.1) is 0 Å². The smallest absolute Gasteiger partial charge is 0.202 e. The number of ketones is 1. The van der Waals surface area contributed by atoms with Gasteiger partial charge in [-0.3, -0.25) is 4.79 Å². The van der Waals surface area contributed by atoms with Crippen LogP contribution in [-0.2, 0) is 25.4 Å². The molecule has 2 heterocycles. The molecule has 9 nitrogen and oxygen atoms in total. The summed E-state index contributed by atoms with van der Waals surface area (Å²) in [6, 6.07) is 14.9. The van der Waals surface area contributed by atoms with Crippen LogP contribution in [0.15, 0.2) is 53.9 Å². The van der Waals surface area contributed by atoms with Crippen LogP contribution in [0.2, 0.25) is 0 Å². The Morgan fingerprint density at radius 1 is 0.838 bits per heavy atom. The highest BCUT2D eigenvalue weighted by atomic mass is 32.1. The van der Waals surface area contributed by atoms with Crippen molar-refractivity contribution in [2.45, 2.75) is 18.6 Å². The number of ether oxygens (including phenoxy) is 8. The summed E-state index contributed by atoms with van der Waals surface area (Å²) in [5.41, 5.74) is 1.07. The normalized spacial score (nSPS) is 16.3. The second kappa shape index (κ2) is 13.4. The molecule has 0 aliphatic carbocycles. The topological polar surface area (TPSA) is 94.2 Å². The van der Waals surface area contributed by atoms with Gasteiger partial charge in [-0.15, -0.1) is 11.3 Å². The average Bonchev–Trinajstić information content (AvgIpc) is 3.56. The molecule has 10 heteroatoms. The Hall–Kier alpha value is -3.15. The Labute approximate surface area is 219 Å². The molecule has 0 N–H and O–H groups in total. The van der Waals surface area contributed by atoms with Crippen LogP contribution >= 0.6 is 11.3 Å². The number of methoxy groups -OCH3 is 3. The molecule has 0 bridgehead atoms. The van der Waals surface area contributed by atoms with Gasteiger partial charge >= 0.3 is 0 Å². The molecule has 37 heavy (non-hydrogen) atoms. The monoisotopic (exact) mass is 530 g/mol. The van der Waals surface area contributed by atoms with Crippen LogP contribution in [0.1, 0.15) is 26.9 Å². The minimum Gasteiger partial charge on any atom is -0.493 e. The predicted molar refractivity (Wildman–Crippen MR) is 136 cm³/mol. The number of carbonyl (C=O) groups excluding carboxylic acids is 1. The summed E-state index contributed by atoms with van der Waals surface area (Å²) >= 11 is 1.71. The summed E-state index contributed by atoms with van der Waals surface area (Å²) in [6.07, 6.45) is -0.285. The summed E-state index contributed by atoms with van der Waals surface area (Å²) in [7, 11) is 4.49. The molecule has 0 spiro atoms. The molecule has 3 aromatic rings. The van der Waals surface area contributed by atoms with E-state index in [0.29, 0.717) is 12.4 Å². The lowest BCUT2D eigenvalue weighted by Crippen LogP contribution is -2.15.